The van der Waals surface area contributed by atoms with Crippen LogP contribution < -0.4 is 10.0 Å². The molecule has 2 aromatic rings. The van der Waals surface area contributed by atoms with E-state index in [1.54, 1.807) is 42.5 Å². The number of hydrogen-bond acceptors (Lipinski definition) is 3. The minimum Gasteiger partial charge on any atom is -0.326 e. The minimum absolute atomic E-state index is 0.0692. The van der Waals surface area contributed by atoms with Gasteiger partial charge < -0.3 is 5.32 Å². The maximum absolute atomic E-state index is 12.3. The van der Waals surface area contributed by atoms with Gasteiger partial charge in [-0.2, -0.15) is 0 Å². The van der Waals surface area contributed by atoms with Gasteiger partial charge in [0.2, 0.25) is 15.9 Å². The molecule has 1 atom stereocenters. The van der Waals surface area contributed by atoms with Crippen LogP contribution >= 0.6 is 23.2 Å². The molecule has 0 saturated heterocycles. The molecule has 25 heavy (non-hydrogen) atoms. The number of carbonyl (C=O) groups is 1. The van der Waals surface area contributed by atoms with Crippen LogP contribution in [0.3, 0.4) is 0 Å². The molecule has 1 amide bonds. The highest BCUT2D eigenvalue weighted by molar-refractivity contribution is 7.88. The number of anilines is 1. The van der Waals surface area contributed by atoms with Gasteiger partial charge in [0.25, 0.3) is 0 Å². The molecule has 0 heterocycles. The van der Waals surface area contributed by atoms with Crippen LogP contribution in [0.15, 0.2) is 42.5 Å². The van der Waals surface area contributed by atoms with Crippen LogP contribution in [0.2, 0.25) is 10.0 Å². The van der Waals surface area contributed by atoms with Gasteiger partial charge in [-0.3, -0.25) is 4.79 Å². The van der Waals surface area contributed by atoms with Crippen molar-refractivity contribution >= 4 is 44.8 Å². The van der Waals surface area contributed by atoms with Crippen LogP contribution in [0, 0.1) is 6.92 Å². The molecule has 8 heteroatoms. The predicted octanol–water partition coefficient (Wildman–Crippen LogP) is 3.92. The highest BCUT2D eigenvalue weighted by Gasteiger charge is 2.20. The number of carbonyl (C=O) groups excluding carboxylic acids is 1. The number of hydrogen-bond donors (Lipinski definition) is 2. The summed E-state index contributed by atoms with van der Waals surface area (Å²) in [5, 5.41) is 3.79. The third kappa shape index (κ3) is 6.32. The second-order valence-corrected chi connectivity index (χ2v) is 8.33. The average molecular weight is 401 g/mol. The molecule has 0 fully saturated rings. The third-order valence-electron chi connectivity index (χ3n) is 3.47. The summed E-state index contributed by atoms with van der Waals surface area (Å²) in [4.78, 5) is 12.3. The van der Waals surface area contributed by atoms with E-state index in [0.29, 0.717) is 21.3 Å². The van der Waals surface area contributed by atoms with Crippen molar-refractivity contribution in [3.63, 3.8) is 0 Å². The maximum Gasteiger partial charge on any atom is 0.226 e. The highest BCUT2D eigenvalue weighted by Crippen LogP contribution is 2.23. The molecule has 0 aliphatic rings. The monoisotopic (exact) mass is 400 g/mol. The summed E-state index contributed by atoms with van der Waals surface area (Å²) in [6.45, 7) is 1.86. The van der Waals surface area contributed by atoms with Crippen molar-refractivity contribution in [3.8, 4) is 0 Å². The number of rotatable bonds is 6. The second-order valence-electron chi connectivity index (χ2n) is 5.71. The number of halogens is 2. The summed E-state index contributed by atoms with van der Waals surface area (Å²) in [7, 11) is -3.50. The number of benzene rings is 2. The standard InChI is InChI=1S/C17H18Cl2N2O3S/c1-11-3-8-14(9-15(11)19)20-17(22)10-16(21-25(2,23)24)12-4-6-13(18)7-5-12/h3-9,16,21H,10H2,1-2H3,(H,20,22). The van der Waals surface area contributed by atoms with Crippen molar-refractivity contribution in [2.75, 3.05) is 11.6 Å². The third-order valence-corrected chi connectivity index (χ3v) is 4.85. The van der Waals surface area contributed by atoms with Gasteiger partial charge in [-0.15, -0.1) is 0 Å². The van der Waals surface area contributed by atoms with Gasteiger partial charge in [0.15, 0.2) is 0 Å². The van der Waals surface area contributed by atoms with Gasteiger partial charge in [-0.05, 0) is 42.3 Å². The topological polar surface area (TPSA) is 75.3 Å². The Hall–Kier alpha value is -1.60. The number of nitrogens with one attached hydrogen (secondary N) is 2. The van der Waals surface area contributed by atoms with Crippen molar-refractivity contribution in [1.29, 1.82) is 0 Å². The minimum atomic E-state index is -3.50. The smallest absolute Gasteiger partial charge is 0.226 e. The lowest BCUT2D eigenvalue weighted by atomic mass is 10.0. The Morgan fingerprint density at radius 1 is 1.12 bits per heavy atom. The van der Waals surface area contributed by atoms with Gasteiger partial charge in [0.1, 0.15) is 0 Å². The Balaban J connectivity index is 2.16. The maximum atomic E-state index is 12.3. The van der Waals surface area contributed by atoms with Crippen LogP contribution in [0.5, 0.6) is 0 Å². The predicted molar refractivity (Wildman–Crippen MR) is 102 cm³/mol. The SMILES string of the molecule is Cc1ccc(NC(=O)CC(NS(C)(=O)=O)c2ccc(Cl)cc2)cc1Cl. The first kappa shape index (κ1) is 19.7. The van der Waals surface area contributed by atoms with E-state index in [1.165, 1.54) is 0 Å². The largest absolute Gasteiger partial charge is 0.326 e. The lowest BCUT2D eigenvalue weighted by Crippen LogP contribution is -2.30. The Labute approximate surface area is 157 Å². The lowest BCUT2D eigenvalue weighted by molar-refractivity contribution is -0.116. The van der Waals surface area contributed by atoms with Gasteiger partial charge in [-0.25, -0.2) is 13.1 Å². The normalized spacial score (nSPS) is 12.6. The fourth-order valence-electron chi connectivity index (χ4n) is 2.25. The summed E-state index contributed by atoms with van der Waals surface area (Å²) in [5.41, 5.74) is 2.10. The van der Waals surface area contributed by atoms with Gasteiger partial charge >= 0.3 is 0 Å². The molecule has 2 rings (SSSR count). The first-order valence-corrected chi connectivity index (χ1v) is 10.1. The van der Waals surface area contributed by atoms with Crippen molar-refractivity contribution in [3.05, 3.63) is 63.6 Å². The van der Waals surface area contributed by atoms with Crippen molar-refractivity contribution in [1.82, 2.24) is 4.72 Å². The Morgan fingerprint density at radius 3 is 2.32 bits per heavy atom. The quantitative estimate of drug-likeness (QED) is 0.771. The van der Waals surface area contributed by atoms with E-state index in [-0.39, 0.29) is 12.3 Å². The van der Waals surface area contributed by atoms with Gasteiger partial charge in [0, 0.05) is 22.2 Å². The zero-order chi connectivity index (χ0) is 18.6. The van der Waals surface area contributed by atoms with E-state index >= 15 is 0 Å². The van der Waals surface area contributed by atoms with Gasteiger partial charge in [0.05, 0.1) is 12.3 Å². The van der Waals surface area contributed by atoms with E-state index < -0.39 is 16.1 Å². The highest BCUT2D eigenvalue weighted by atomic mass is 35.5. The van der Waals surface area contributed by atoms with E-state index in [9.17, 15) is 13.2 Å². The van der Waals surface area contributed by atoms with E-state index in [0.717, 1.165) is 11.8 Å². The van der Waals surface area contributed by atoms with E-state index in [4.69, 9.17) is 23.2 Å². The first-order valence-electron chi connectivity index (χ1n) is 7.43. The zero-order valence-corrected chi connectivity index (χ0v) is 16.0. The van der Waals surface area contributed by atoms with Crippen LogP contribution in [0.4, 0.5) is 5.69 Å². The molecular weight excluding hydrogens is 383 g/mol. The van der Waals surface area contributed by atoms with Crippen LogP contribution in [0.1, 0.15) is 23.6 Å². The first-order chi connectivity index (χ1) is 11.6. The van der Waals surface area contributed by atoms with Gasteiger partial charge in [-0.1, -0.05) is 41.4 Å². The van der Waals surface area contributed by atoms with Crippen molar-refractivity contribution in [2.24, 2.45) is 0 Å². The molecule has 0 aromatic heterocycles. The number of amides is 1. The molecule has 5 nitrogen and oxygen atoms in total. The molecule has 0 radical (unpaired) electrons. The molecule has 1 unspecified atom stereocenters. The molecule has 134 valence electrons. The van der Waals surface area contributed by atoms with Crippen molar-refractivity contribution < 1.29 is 13.2 Å². The zero-order valence-electron chi connectivity index (χ0n) is 13.7. The fourth-order valence-corrected chi connectivity index (χ4v) is 3.29. The molecule has 0 spiro atoms. The Kier molecular flexibility index (Phi) is 6.46. The summed E-state index contributed by atoms with van der Waals surface area (Å²) >= 11 is 11.9. The number of aryl methyl sites for hydroxylation is 1. The van der Waals surface area contributed by atoms with Crippen LogP contribution in [-0.2, 0) is 14.8 Å². The number of sulfonamides is 1. The second kappa shape index (κ2) is 8.19. The average Bonchev–Trinajstić information content (AvgIpc) is 2.49. The summed E-state index contributed by atoms with van der Waals surface area (Å²) in [6, 6.07) is 11.1. The molecule has 2 N–H and O–H groups in total. The summed E-state index contributed by atoms with van der Waals surface area (Å²) < 4.78 is 25.7. The molecular formula is C17H18Cl2N2O3S. The van der Waals surface area contributed by atoms with E-state index in [1.807, 2.05) is 6.92 Å². The fraction of sp³-hybridized carbons (Fsp3) is 0.235. The molecule has 0 aliphatic carbocycles. The summed E-state index contributed by atoms with van der Waals surface area (Å²) in [6.07, 6.45) is 0.980. The molecule has 0 saturated carbocycles. The lowest BCUT2D eigenvalue weighted by Gasteiger charge is -2.18. The Bertz CT molecular complexity index is 868. The molecule has 0 bridgehead atoms. The van der Waals surface area contributed by atoms with Crippen LogP contribution in [0.25, 0.3) is 0 Å². The van der Waals surface area contributed by atoms with E-state index in [2.05, 4.69) is 10.0 Å². The molecule has 2 aromatic carbocycles. The summed E-state index contributed by atoms with van der Waals surface area (Å²) in [5.74, 6) is -0.337. The van der Waals surface area contributed by atoms with Crippen LogP contribution in [-0.4, -0.2) is 20.6 Å². The van der Waals surface area contributed by atoms with Crippen molar-refractivity contribution in [2.45, 2.75) is 19.4 Å². The molecule has 0 aliphatic heterocycles. The Morgan fingerprint density at radius 2 is 1.76 bits per heavy atom.